The lowest BCUT2D eigenvalue weighted by Gasteiger charge is -2.19. The van der Waals surface area contributed by atoms with Gasteiger partial charge in [0.1, 0.15) is 11.9 Å². The zero-order chi connectivity index (χ0) is 13.7. The highest BCUT2D eigenvalue weighted by Crippen LogP contribution is 2.35. The molecule has 0 aliphatic rings. The number of halogens is 1. The Morgan fingerprint density at radius 3 is 2.72 bits per heavy atom. The van der Waals surface area contributed by atoms with Crippen molar-refractivity contribution in [2.45, 2.75) is 18.6 Å². The maximum Gasteiger partial charge on any atom is 0.144 e. The molecule has 0 spiro atoms. The number of aromatic hydroxyl groups is 1. The predicted octanol–water partition coefficient (Wildman–Crippen LogP) is 1.72. The van der Waals surface area contributed by atoms with Gasteiger partial charge in [0.05, 0.1) is 11.8 Å². The second-order valence-electron chi connectivity index (χ2n) is 3.69. The van der Waals surface area contributed by atoms with Gasteiger partial charge in [-0.2, -0.15) is 0 Å². The average molecular weight is 273 g/mol. The summed E-state index contributed by atoms with van der Waals surface area (Å²) in [5.41, 5.74) is 13.6. The molecule has 98 valence electrons. The Bertz CT molecular complexity index is 476. The van der Waals surface area contributed by atoms with E-state index in [4.69, 9.17) is 22.9 Å². The van der Waals surface area contributed by atoms with E-state index in [0.717, 1.165) is 0 Å². The molecule has 0 aliphatic carbocycles. The van der Waals surface area contributed by atoms with Crippen LogP contribution in [0.2, 0.25) is 5.02 Å². The van der Waals surface area contributed by atoms with Crippen molar-refractivity contribution < 1.29 is 15.3 Å². The molecule has 1 aromatic rings. The van der Waals surface area contributed by atoms with E-state index in [1.165, 1.54) is 12.1 Å². The van der Waals surface area contributed by atoms with Gasteiger partial charge in [0.2, 0.25) is 0 Å². The van der Waals surface area contributed by atoms with Crippen LogP contribution in [0.15, 0.2) is 17.2 Å². The number of nitrogens with two attached hydrogens (primary N) is 1. The molecule has 0 bridgehead atoms. The van der Waals surface area contributed by atoms with Gasteiger partial charge in [0, 0.05) is 22.0 Å². The number of rotatable bonds is 5. The van der Waals surface area contributed by atoms with Crippen molar-refractivity contribution in [1.82, 2.24) is 0 Å². The van der Waals surface area contributed by atoms with Crippen LogP contribution in [-0.4, -0.2) is 28.0 Å². The van der Waals surface area contributed by atoms with Gasteiger partial charge >= 0.3 is 0 Å². The van der Waals surface area contributed by atoms with Gasteiger partial charge in [-0.3, -0.25) is 0 Å². The average Bonchev–Trinajstić information content (AvgIpc) is 2.33. The van der Waals surface area contributed by atoms with E-state index in [1.54, 1.807) is 0 Å². The summed E-state index contributed by atoms with van der Waals surface area (Å²) in [6.45, 7) is 0.0333. The summed E-state index contributed by atoms with van der Waals surface area (Å²) in [7, 11) is 0. The zero-order valence-corrected chi connectivity index (χ0v) is 10.1. The zero-order valence-electron chi connectivity index (χ0n) is 9.36. The number of benzene rings is 1. The van der Waals surface area contributed by atoms with Crippen LogP contribution in [0.25, 0.3) is 10.4 Å². The molecular weight excluding hydrogens is 260 g/mol. The molecule has 8 heteroatoms. The molecule has 18 heavy (non-hydrogen) atoms. The number of hydrogen-bond acceptors (Lipinski definition) is 5. The van der Waals surface area contributed by atoms with Crippen molar-refractivity contribution in [3.05, 3.63) is 33.2 Å². The van der Waals surface area contributed by atoms with Crippen molar-refractivity contribution in [1.29, 1.82) is 0 Å². The smallest absolute Gasteiger partial charge is 0.144 e. The molecule has 0 saturated carbocycles. The van der Waals surface area contributed by atoms with E-state index < -0.39 is 12.2 Å². The van der Waals surface area contributed by atoms with E-state index in [0.29, 0.717) is 0 Å². The lowest BCUT2D eigenvalue weighted by atomic mass is 10.0. The van der Waals surface area contributed by atoms with Crippen LogP contribution in [-0.2, 0) is 0 Å². The Kier molecular flexibility index (Phi) is 5.06. The van der Waals surface area contributed by atoms with Gasteiger partial charge in [-0.05, 0) is 24.1 Å². The fourth-order valence-electron chi connectivity index (χ4n) is 1.47. The number of nitrogen functional groups attached to an aromatic ring is 1. The van der Waals surface area contributed by atoms with Crippen LogP contribution >= 0.6 is 11.6 Å². The Morgan fingerprint density at radius 2 is 2.11 bits per heavy atom. The van der Waals surface area contributed by atoms with E-state index in [1.807, 2.05) is 0 Å². The van der Waals surface area contributed by atoms with E-state index in [9.17, 15) is 15.3 Å². The van der Waals surface area contributed by atoms with Crippen LogP contribution in [0.5, 0.6) is 5.75 Å². The molecule has 0 heterocycles. The molecular formula is C10H13ClN4O3. The maximum atomic E-state index is 9.86. The molecule has 5 N–H and O–H groups in total. The van der Waals surface area contributed by atoms with Crippen molar-refractivity contribution in [3.63, 3.8) is 0 Å². The number of hydrogen-bond donors (Lipinski definition) is 4. The van der Waals surface area contributed by atoms with Crippen molar-refractivity contribution in [2.24, 2.45) is 5.11 Å². The highest BCUT2D eigenvalue weighted by molar-refractivity contribution is 6.31. The first-order valence-corrected chi connectivity index (χ1v) is 5.50. The molecule has 0 saturated heterocycles. The lowest BCUT2D eigenvalue weighted by molar-refractivity contribution is 0.0138. The molecule has 0 fully saturated rings. The number of aliphatic hydroxyl groups excluding tert-OH is 2. The van der Waals surface area contributed by atoms with Gasteiger partial charge in [-0.25, -0.2) is 0 Å². The monoisotopic (exact) mass is 272 g/mol. The third-order valence-corrected chi connectivity index (χ3v) is 2.62. The van der Waals surface area contributed by atoms with Gasteiger partial charge < -0.3 is 21.1 Å². The molecule has 0 amide bonds. The van der Waals surface area contributed by atoms with Crippen LogP contribution in [0, 0.1) is 0 Å². The number of azide groups is 1. The molecule has 2 unspecified atom stereocenters. The number of aliphatic hydroxyl groups is 2. The Hall–Kier alpha value is -1.66. The largest absolute Gasteiger partial charge is 0.505 e. The van der Waals surface area contributed by atoms with E-state index in [2.05, 4.69) is 10.0 Å². The minimum absolute atomic E-state index is 0.0128. The molecule has 0 aromatic heterocycles. The molecule has 2 atom stereocenters. The lowest BCUT2D eigenvalue weighted by Crippen LogP contribution is -2.19. The standard InChI is InChI=1S/C10H13ClN4O3/c11-5-3-6(9(17)7(12)4-5)10(18)8(16)1-2-14-15-13/h3-4,8,10,16-18H,1-2,12H2. The van der Waals surface area contributed by atoms with Crippen LogP contribution < -0.4 is 5.73 Å². The summed E-state index contributed by atoms with van der Waals surface area (Å²) in [5.74, 6) is -0.324. The first-order valence-electron chi connectivity index (χ1n) is 5.12. The molecule has 0 aliphatic heterocycles. The predicted molar refractivity (Wildman–Crippen MR) is 67.1 cm³/mol. The molecule has 1 rings (SSSR count). The third-order valence-electron chi connectivity index (χ3n) is 2.40. The van der Waals surface area contributed by atoms with Crippen LogP contribution in [0.4, 0.5) is 5.69 Å². The Morgan fingerprint density at radius 1 is 1.44 bits per heavy atom. The highest BCUT2D eigenvalue weighted by atomic mass is 35.5. The van der Waals surface area contributed by atoms with Gasteiger partial charge in [0.15, 0.2) is 0 Å². The van der Waals surface area contributed by atoms with Crippen molar-refractivity contribution >= 4 is 17.3 Å². The third kappa shape index (κ3) is 3.41. The number of phenolic OH excluding ortho intramolecular Hbond substituents is 1. The summed E-state index contributed by atoms with van der Waals surface area (Å²) >= 11 is 5.75. The SMILES string of the molecule is [N-]=[N+]=NCCC(O)C(O)c1cc(Cl)cc(N)c1O. The minimum atomic E-state index is -1.36. The van der Waals surface area contributed by atoms with Crippen molar-refractivity contribution in [3.8, 4) is 5.75 Å². The quantitative estimate of drug-likeness (QED) is 0.213. The van der Waals surface area contributed by atoms with Gasteiger partial charge in [0.25, 0.3) is 0 Å². The second-order valence-corrected chi connectivity index (χ2v) is 4.12. The molecule has 7 nitrogen and oxygen atoms in total. The summed E-state index contributed by atoms with van der Waals surface area (Å²) in [6.07, 6.45) is -2.50. The van der Waals surface area contributed by atoms with Crippen LogP contribution in [0.1, 0.15) is 18.1 Å². The summed E-state index contributed by atoms with van der Waals surface area (Å²) in [4.78, 5) is 2.53. The summed E-state index contributed by atoms with van der Waals surface area (Å²) < 4.78 is 0. The Balaban J connectivity index is 2.89. The molecule has 0 radical (unpaired) electrons. The minimum Gasteiger partial charge on any atom is -0.505 e. The highest BCUT2D eigenvalue weighted by Gasteiger charge is 2.22. The number of anilines is 1. The van der Waals surface area contributed by atoms with Crippen LogP contribution in [0.3, 0.4) is 0 Å². The fraction of sp³-hybridized carbons (Fsp3) is 0.400. The normalized spacial score (nSPS) is 13.7. The maximum absolute atomic E-state index is 9.86. The topological polar surface area (TPSA) is 135 Å². The summed E-state index contributed by atoms with van der Waals surface area (Å²) in [6, 6.07) is 2.65. The van der Waals surface area contributed by atoms with Gasteiger partial charge in [-0.15, -0.1) is 0 Å². The number of phenols is 1. The molecule has 1 aromatic carbocycles. The second kappa shape index (κ2) is 6.32. The Labute approximate surface area is 108 Å². The van der Waals surface area contributed by atoms with Gasteiger partial charge in [-0.1, -0.05) is 16.7 Å². The summed E-state index contributed by atoms with van der Waals surface area (Å²) in [5, 5.41) is 32.7. The first kappa shape index (κ1) is 14.4. The van der Waals surface area contributed by atoms with Crippen molar-refractivity contribution in [2.75, 3.05) is 12.3 Å². The number of nitrogens with zero attached hydrogens (tertiary/aromatic N) is 3. The van der Waals surface area contributed by atoms with E-state index >= 15 is 0 Å². The van der Waals surface area contributed by atoms with E-state index in [-0.39, 0.29) is 35.0 Å². The first-order chi connectivity index (χ1) is 8.47. The fourth-order valence-corrected chi connectivity index (χ4v) is 1.70.